The van der Waals surface area contributed by atoms with E-state index in [1.165, 1.54) is 0 Å². The maximum absolute atomic E-state index is 6.20. The molecule has 1 unspecified atom stereocenters. The van der Waals surface area contributed by atoms with E-state index >= 15 is 0 Å². The first kappa shape index (κ1) is 17.3. The highest BCUT2D eigenvalue weighted by Gasteiger charge is 2.29. The molecular weight excluding hydrogens is 425 g/mol. The van der Waals surface area contributed by atoms with Crippen molar-refractivity contribution in [2.75, 3.05) is 11.5 Å². The van der Waals surface area contributed by atoms with Crippen LogP contribution in [-0.4, -0.2) is 45.9 Å². The molecule has 0 saturated heterocycles. The van der Waals surface area contributed by atoms with Crippen molar-refractivity contribution in [2.45, 2.75) is 16.4 Å². The van der Waals surface area contributed by atoms with Gasteiger partial charge in [0, 0.05) is 35.7 Å². The van der Waals surface area contributed by atoms with E-state index in [-0.39, 0.29) is 6.04 Å². The summed E-state index contributed by atoms with van der Waals surface area (Å²) in [7, 11) is 0. The van der Waals surface area contributed by atoms with Crippen molar-refractivity contribution in [3.05, 3.63) is 46.8 Å². The number of aromatic nitrogens is 7. The molecule has 5 rings (SSSR count). The molecule has 4 aromatic rings. The molecule has 4 aromatic heterocycles. The van der Waals surface area contributed by atoms with E-state index in [0.29, 0.717) is 15.7 Å². The monoisotopic (exact) mass is 435 g/mol. The van der Waals surface area contributed by atoms with Gasteiger partial charge < -0.3 is 0 Å². The van der Waals surface area contributed by atoms with Crippen LogP contribution in [-0.2, 0) is 0 Å². The lowest BCUT2D eigenvalue weighted by Gasteiger charge is -2.13. The van der Waals surface area contributed by atoms with Gasteiger partial charge in [-0.25, -0.2) is 0 Å². The van der Waals surface area contributed by atoms with Gasteiger partial charge in [0.1, 0.15) is 0 Å². The fraction of sp³-hybridized carbons (Fsp3) is 0.188. The molecule has 0 bridgehead atoms. The molecule has 0 radical (unpaired) electrons. The summed E-state index contributed by atoms with van der Waals surface area (Å²) in [6, 6.07) is 5.80. The maximum atomic E-state index is 6.20. The lowest BCUT2D eigenvalue weighted by Crippen LogP contribution is -2.11. The van der Waals surface area contributed by atoms with Gasteiger partial charge in [-0.1, -0.05) is 46.7 Å². The van der Waals surface area contributed by atoms with Gasteiger partial charge in [-0.2, -0.15) is 0 Å². The Morgan fingerprint density at radius 3 is 3.00 bits per heavy atom. The molecule has 136 valence electrons. The summed E-state index contributed by atoms with van der Waals surface area (Å²) in [6.45, 7) is 0. The molecule has 5 heterocycles. The Bertz CT molecular complexity index is 1130. The van der Waals surface area contributed by atoms with Crippen molar-refractivity contribution in [3.8, 4) is 11.4 Å². The molecule has 0 aliphatic carbocycles. The smallest absolute Gasteiger partial charge is 0.195 e. The predicted molar refractivity (Wildman–Crippen MR) is 107 cm³/mol. The third-order valence-corrected chi connectivity index (χ3v) is 6.82. The van der Waals surface area contributed by atoms with Gasteiger partial charge in [0.2, 0.25) is 0 Å². The molecule has 27 heavy (non-hydrogen) atoms. The first-order valence-corrected chi connectivity index (χ1v) is 10.7. The van der Waals surface area contributed by atoms with Crippen molar-refractivity contribution in [2.24, 2.45) is 0 Å². The summed E-state index contributed by atoms with van der Waals surface area (Å²) in [5, 5.41) is 19.8. The summed E-state index contributed by atoms with van der Waals surface area (Å²) in [4.78, 5) is 4.19. The summed E-state index contributed by atoms with van der Waals surface area (Å²) in [5.74, 6) is 2.57. The first-order chi connectivity index (χ1) is 13.2. The van der Waals surface area contributed by atoms with E-state index in [1.54, 1.807) is 48.2 Å². The van der Waals surface area contributed by atoms with E-state index in [4.69, 9.17) is 23.2 Å². The third-order valence-electron chi connectivity index (χ3n) is 4.15. The zero-order valence-electron chi connectivity index (χ0n) is 13.7. The van der Waals surface area contributed by atoms with Crippen molar-refractivity contribution < 1.29 is 0 Å². The van der Waals surface area contributed by atoms with Crippen molar-refractivity contribution >= 4 is 52.4 Å². The minimum absolute atomic E-state index is 0.238. The standard InChI is InChI=1S/C16H11Cl2N7S2/c17-10-4-12(18)14-21-22-15(24(14)6-10)26-7-11-8-27-16-23-20-13(25(11)16)9-2-1-3-19-5-9/h1-6,11H,7-8H2. The maximum Gasteiger partial charge on any atom is 0.195 e. The fourth-order valence-electron chi connectivity index (χ4n) is 2.94. The molecule has 0 fully saturated rings. The molecule has 11 heteroatoms. The van der Waals surface area contributed by atoms with Gasteiger partial charge in [0.05, 0.1) is 16.1 Å². The van der Waals surface area contributed by atoms with Crippen LogP contribution in [0.3, 0.4) is 0 Å². The Balaban J connectivity index is 1.43. The Hall–Kier alpha value is -1.81. The van der Waals surface area contributed by atoms with Gasteiger partial charge in [-0.05, 0) is 18.2 Å². The number of hydrogen-bond donors (Lipinski definition) is 0. The SMILES string of the molecule is Clc1cc(Cl)c2nnc(SCC3CSc4nnc(-c5cccnc5)n43)n2c1. The topological polar surface area (TPSA) is 73.8 Å². The van der Waals surface area contributed by atoms with Crippen LogP contribution in [0.1, 0.15) is 6.04 Å². The predicted octanol–water partition coefficient (Wildman–Crippen LogP) is 4.13. The first-order valence-electron chi connectivity index (χ1n) is 8.01. The van der Waals surface area contributed by atoms with Crippen molar-refractivity contribution in [1.82, 2.24) is 34.3 Å². The van der Waals surface area contributed by atoms with Crippen LogP contribution in [0.15, 0.2) is 47.1 Å². The molecule has 0 aromatic carbocycles. The van der Waals surface area contributed by atoms with E-state index in [9.17, 15) is 0 Å². The Kier molecular flexibility index (Phi) is 4.47. The molecule has 0 saturated carbocycles. The number of nitrogens with zero attached hydrogens (tertiary/aromatic N) is 7. The van der Waals surface area contributed by atoms with Gasteiger partial charge in [0.15, 0.2) is 21.8 Å². The summed E-state index contributed by atoms with van der Waals surface area (Å²) >= 11 is 15.6. The second-order valence-electron chi connectivity index (χ2n) is 5.88. The Labute approximate surface area is 172 Å². The van der Waals surface area contributed by atoms with E-state index in [0.717, 1.165) is 33.2 Å². The summed E-state index contributed by atoms with van der Waals surface area (Å²) in [6.07, 6.45) is 5.33. The minimum atomic E-state index is 0.238. The van der Waals surface area contributed by atoms with Crippen LogP contribution in [0.5, 0.6) is 0 Å². The zero-order valence-corrected chi connectivity index (χ0v) is 16.8. The lowest BCUT2D eigenvalue weighted by atomic mass is 10.2. The molecule has 0 N–H and O–H groups in total. The quantitative estimate of drug-likeness (QED) is 0.446. The molecule has 1 aliphatic rings. The average Bonchev–Trinajstić information content (AvgIpc) is 3.36. The lowest BCUT2D eigenvalue weighted by molar-refractivity contribution is 0.596. The highest BCUT2D eigenvalue weighted by atomic mass is 35.5. The minimum Gasteiger partial charge on any atom is -0.297 e. The number of hydrogen-bond acceptors (Lipinski definition) is 7. The summed E-state index contributed by atoms with van der Waals surface area (Å²) < 4.78 is 4.00. The molecule has 0 spiro atoms. The van der Waals surface area contributed by atoms with Crippen LogP contribution < -0.4 is 0 Å². The van der Waals surface area contributed by atoms with Gasteiger partial charge in [-0.15, -0.1) is 20.4 Å². The van der Waals surface area contributed by atoms with Gasteiger partial charge in [0.25, 0.3) is 0 Å². The van der Waals surface area contributed by atoms with Crippen LogP contribution in [0.25, 0.3) is 17.0 Å². The Morgan fingerprint density at radius 1 is 1.22 bits per heavy atom. The van der Waals surface area contributed by atoms with Crippen LogP contribution >= 0.6 is 46.7 Å². The highest BCUT2D eigenvalue weighted by Crippen LogP contribution is 2.38. The van der Waals surface area contributed by atoms with E-state index < -0.39 is 0 Å². The second-order valence-corrected chi connectivity index (χ2v) is 8.69. The number of rotatable bonds is 4. The summed E-state index contributed by atoms with van der Waals surface area (Å²) in [5.41, 5.74) is 1.56. The third kappa shape index (κ3) is 3.08. The van der Waals surface area contributed by atoms with E-state index in [2.05, 4.69) is 29.9 Å². The fourth-order valence-corrected chi connectivity index (χ4v) is 5.66. The normalized spacial score (nSPS) is 16.1. The molecule has 1 atom stereocenters. The van der Waals surface area contributed by atoms with Gasteiger partial charge in [-0.3, -0.25) is 14.0 Å². The number of fused-ring (bicyclic) bond motifs is 2. The zero-order chi connectivity index (χ0) is 18.4. The molecule has 0 amide bonds. The second kappa shape index (κ2) is 6.97. The molecule has 7 nitrogen and oxygen atoms in total. The van der Waals surface area contributed by atoms with Crippen LogP contribution in [0, 0.1) is 0 Å². The average molecular weight is 436 g/mol. The van der Waals surface area contributed by atoms with Crippen LogP contribution in [0.4, 0.5) is 0 Å². The molecular formula is C16H11Cl2N7S2. The van der Waals surface area contributed by atoms with Gasteiger partial charge >= 0.3 is 0 Å². The van der Waals surface area contributed by atoms with Crippen LogP contribution in [0.2, 0.25) is 10.0 Å². The number of halogens is 2. The Morgan fingerprint density at radius 2 is 2.15 bits per heavy atom. The van der Waals surface area contributed by atoms with E-state index in [1.807, 2.05) is 16.5 Å². The van der Waals surface area contributed by atoms with Crippen molar-refractivity contribution in [1.29, 1.82) is 0 Å². The molecule has 1 aliphatic heterocycles. The largest absolute Gasteiger partial charge is 0.297 e. The number of thioether (sulfide) groups is 2. The number of pyridine rings is 2. The van der Waals surface area contributed by atoms with Crippen molar-refractivity contribution in [3.63, 3.8) is 0 Å². The highest BCUT2D eigenvalue weighted by molar-refractivity contribution is 8.00.